The Bertz CT molecular complexity index is 1050. The number of benzene rings is 2. The van der Waals surface area contributed by atoms with Gasteiger partial charge >= 0.3 is 5.69 Å². The monoisotopic (exact) mass is 417 g/mol. The lowest BCUT2D eigenvalue weighted by atomic mass is 10.1. The zero-order valence-corrected chi connectivity index (χ0v) is 16.6. The van der Waals surface area contributed by atoms with Gasteiger partial charge in [0.05, 0.1) is 12.0 Å². The smallest absolute Gasteiger partial charge is 0.311 e. The van der Waals surface area contributed by atoms with E-state index in [1.165, 1.54) is 36.6 Å². The van der Waals surface area contributed by atoms with E-state index in [1.807, 2.05) is 25.1 Å². The molecule has 0 unspecified atom stereocenters. The molecule has 0 saturated carbocycles. The summed E-state index contributed by atoms with van der Waals surface area (Å²) < 4.78 is 4.94. The quantitative estimate of drug-likeness (QED) is 0.456. The molecule has 0 spiro atoms. The lowest BCUT2D eigenvalue weighted by molar-refractivity contribution is -0.385. The first-order valence-electron chi connectivity index (χ1n) is 8.21. The number of nitro groups is 1. The molecule has 3 aromatic rings. The number of hydrogen-bond acceptors (Lipinski definition) is 6. The van der Waals surface area contributed by atoms with Gasteiger partial charge in [0.1, 0.15) is 0 Å². The Morgan fingerprint density at radius 3 is 2.79 bits per heavy atom. The number of anilines is 1. The van der Waals surface area contributed by atoms with Gasteiger partial charge < -0.3 is 4.74 Å². The summed E-state index contributed by atoms with van der Waals surface area (Å²) in [6.45, 7) is 1.94. The Morgan fingerprint density at radius 1 is 1.32 bits per heavy atom. The highest BCUT2D eigenvalue weighted by molar-refractivity contribution is 7.15. The van der Waals surface area contributed by atoms with Crippen LogP contribution in [0.4, 0.5) is 10.8 Å². The van der Waals surface area contributed by atoms with Crippen LogP contribution >= 0.6 is 22.9 Å². The van der Waals surface area contributed by atoms with Crippen molar-refractivity contribution in [3.05, 3.63) is 79.3 Å². The van der Waals surface area contributed by atoms with E-state index in [2.05, 4.69) is 10.3 Å². The van der Waals surface area contributed by atoms with Gasteiger partial charge in [-0.3, -0.25) is 20.2 Å². The van der Waals surface area contributed by atoms with Crippen LogP contribution in [0, 0.1) is 17.0 Å². The van der Waals surface area contributed by atoms with Crippen LogP contribution in [-0.2, 0) is 6.42 Å². The summed E-state index contributed by atoms with van der Waals surface area (Å²) >= 11 is 7.49. The van der Waals surface area contributed by atoms with Gasteiger partial charge in [-0.05, 0) is 36.2 Å². The van der Waals surface area contributed by atoms with Gasteiger partial charge in [-0.1, -0.05) is 23.7 Å². The Hall–Kier alpha value is -2.97. The summed E-state index contributed by atoms with van der Waals surface area (Å²) in [5.41, 5.74) is 1.93. The number of methoxy groups -OCH3 is 1. The number of nitro benzene ring substituents is 1. The van der Waals surface area contributed by atoms with Crippen molar-refractivity contribution in [1.82, 2.24) is 4.98 Å². The van der Waals surface area contributed by atoms with E-state index in [9.17, 15) is 14.9 Å². The molecule has 0 aliphatic heterocycles. The van der Waals surface area contributed by atoms with Crippen molar-refractivity contribution in [3.63, 3.8) is 0 Å². The lowest BCUT2D eigenvalue weighted by Gasteiger charge is -2.05. The predicted molar refractivity (Wildman–Crippen MR) is 109 cm³/mol. The number of ether oxygens (including phenoxy) is 1. The first-order valence-corrected chi connectivity index (χ1v) is 9.40. The van der Waals surface area contributed by atoms with Crippen LogP contribution in [0.25, 0.3) is 0 Å². The second-order valence-electron chi connectivity index (χ2n) is 5.99. The van der Waals surface area contributed by atoms with Crippen LogP contribution in [0.3, 0.4) is 0 Å². The molecular formula is C19H16ClN3O4S. The van der Waals surface area contributed by atoms with Gasteiger partial charge in [-0.25, -0.2) is 4.98 Å². The summed E-state index contributed by atoms with van der Waals surface area (Å²) in [6.07, 6.45) is 2.33. The first-order chi connectivity index (χ1) is 13.4. The van der Waals surface area contributed by atoms with Crippen molar-refractivity contribution >= 4 is 39.7 Å². The van der Waals surface area contributed by atoms with Gasteiger partial charge in [0.15, 0.2) is 10.9 Å². The molecular weight excluding hydrogens is 402 g/mol. The zero-order chi connectivity index (χ0) is 20.3. The van der Waals surface area contributed by atoms with E-state index in [1.54, 1.807) is 6.20 Å². The average molecular weight is 418 g/mol. The lowest BCUT2D eigenvalue weighted by Crippen LogP contribution is -2.12. The highest BCUT2D eigenvalue weighted by atomic mass is 35.5. The summed E-state index contributed by atoms with van der Waals surface area (Å²) in [5.74, 6) is -0.389. The predicted octanol–water partition coefficient (Wildman–Crippen LogP) is 4.86. The Labute approximate surface area is 170 Å². The van der Waals surface area contributed by atoms with Crippen molar-refractivity contribution in [2.75, 3.05) is 12.4 Å². The van der Waals surface area contributed by atoms with Crippen molar-refractivity contribution in [2.45, 2.75) is 13.3 Å². The SMILES string of the molecule is COc1ccc(C(=O)Nc2ncc(Cc3ccc(C)c(Cl)c3)s2)cc1[N+](=O)[O-]. The number of aromatic nitrogens is 1. The second-order valence-corrected chi connectivity index (χ2v) is 7.51. The molecule has 144 valence electrons. The Balaban J connectivity index is 1.72. The summed E-state index contributed by atoms with van der Waals surface area (Å²) in [4.78, 5) is 28.1. The van der Waals surface area contributed by atoms with Crippen LogP contribution in [0.5, 0.6) is 5.75 Å². The van der Waals surface area contributed by atoms with Crippen LogP contribution in [0.1, 0.15) is 26.4 Å². The molecule has 0 atom stereocenters. The fourth-order valence-corrected chi connectivity index (χ4v) is 3.58. The second kappa shape index (κ2) is 8.37. The van der Waals surface area contributed by atoms with Gasteiger partial charge in [0, 0.05) is 34.1 Å². The third-order valence-corrected chi connectivity index (χ3v) is 5.35. The van der Waals surface area contributed by atoms with Crippen molar-refractivity contribution < 1.29 is 14.5 Å². The molecule has 3 rings (SSSR count). The van der Waals surface area contributed by atoms with Gasteiger partial charge in [-0.15, -0.1) is 11.3 Å². The van der Waals surface area contributed by atoms with Crippen molar-refractivity contribution in [2.24, 2.45) is 0 Å². The van der Waals surface area contributed by atoms with Crippen LogP contribution in [-0.4, -0.2) is 22.9 Å². The highest BCUT2D eigenvalue weighted by Crippen LogP contribution is 2.28. The minimum absolute atomic E-state index is 0.0924. The number of nitrogens with zero attached hydrogens (tertiary/aromatic N) is 2. The van der Waals surface area contributed by atoms with Crippen molar-refractivity contribution in [3.8, 4) is 5.75 Å². The van der Waals surface area contributed by atoms with Gasteiger partial charge in [-0.2, -0.15) is 0 Å². The minimum Gasteiger partial charge on any atom is -0.490 e. The van der Waals surface area contributed by atoms with Crippen LogP contribution in [0.15, 0.2) is 42.6 Å². The fraction of sp³-hybridized carbons (Fsp3) is 0.158. The van der Waals surface area contributed by atoms with Crippen molar-refractivity contribution in [1.29, 1.82) is 0 Å². The number of halogens is 1. The van der Waals surface area contributed by atoms with Gasteiger partial charge in [0.2, 0.25) is 0 Å². The molecule has 0 fully saturated rings. The molecule has 9 heteroatoms. The Morgan fingerprint density at radius 2 is 2.11 bits per heavy atom. The zero-order valence-electron chi connectivity index (χ0n) is 15.1. The third-order valence-electron chi connectivity index (χ3n) is 4.03. The van der Waals surface area contributed by atoms with Crippen LogP contribution < -0.4 is 10.1 Å². The number of aryl methyl sites for hydroxylation is 1. The molecule has 0 aliphatic carbocycles. The molecule has 1 heterocycles. The summed E-state index contributed by atoms with van der Waals surface area (Å²) in [7, 11) is 1.33. The third kappa shape index (κ3) is 4.47. The number of amides is 1. The van der Waals surface area contributed by atoms with E-state index < -0.39 is 10.8 Å². The molecule has 1 N–H and O–H groups in total. The first kappa shape index (κ1) is 19.8. The molecule has 0 aliphatic rings. The number of thiazole rings is 1. The average Bonchev–Trinajstić information content (AvgIpc) is 3.10. The largest absolute Gasteiger partial charge is 0.490 e. The number of rotatable bonds is 6. The summed E-state index contributed by atoms with van der Waals surface area (Å²) in [5, 5.41) is 14.9. The number of carbonyl (C=O) groups excluding carboxylic acids is 1. The number of nitrogens with one attached hydrogen (secondary N) is 1. The molecule has 0 bridgehead atoms. The molecule has 1 amide bonds. The molecule has 7 nitrogen and oxygen atoms in total. The topological polar surface area (TPSA) is 94.4 Å². The van der Waals surface area contributed by atoms with E-state index in [0.29, 0.717) is 16.6 Å². The van der Waals surface area contributed by atoms with E-state index in [0.717, 1.165) is 16.0 Å². The normalized spacial score (nSPS) is 10.5. The van der Waals surface area contributed by atoms with E-state index >= 15 is 0 Å². The van der Waals surface area contributed by atoms with Crippen LogP contribution in [0.2, 0.25) is 5.02 Å². The maximum absolute atomic E-state index is 12.4. The van der Waals surface area contributed by atoms with E-state index in [4.69, 9.17) is 16.3 Å². The molecule has 1 aromatic heterocycles. The number of hydrogen-bond donors (Lipinski definition) is 1. The maximum atomic E-state index is 12.4. The molecule has 0 saturated heterocycles. The van der Waals surface area contributed by atoms with E-state index in [-0.39, 0.29) is 17.0 Å². The fourth-order valence-electron chi connectivity index (χ4n) is 2.54. The maximum Gasteiger partial charge on any atom is 0.311 e. The van der Waals surface area contributed by atoms with Gasteiger partial charge in [0.25, 0.3) is 5.91 Å². The minimum atomic E-state index is -0.593. The molecule has 28 heavy (non-hydrogen) atoms. The standard InChI is InChI=1S/C19H16ClN3O4S/c1-11-3-4-12(8-15(11)20)7-14-10-21-19(28-14)22-18(24)13-5-6-17(27-2)16(9-13)23(25)26/h3-6,8-10H,7H2,1-2H3,(H,21,22,24). The Kier molecular flexibility index (Phi) is 5.91. The molecule has 2 aromatic carbocycles. The molecule has 0 radical (unpaired) electrons. The number of carbonyl (C=O) groups is 1. The highest BCUT2D eigenvalue weighted by Gasteiger charge is 2.19. The summed E-state index contributed by atoms with van der Waals surface area (Å²) in [6, 6.07) is 9.89.